The summed E-state index contributed by atoms with van der Waals surface area (Å²) in [5.41, 5.74) is 2.16. The van der Waals surface area contributed by atoms with Crippen LogP contribution in [-0.2, 0) is 14.3 Å². The highest BCUT2D eigenvalue weighted by Gasteiger charge is 2.26. The Morgan fingerprint density at radius 3 is 2.91 bits per heavy atom. The maximum absolute atomic E-state index is 12.2. The van der Waals surface area contributed by atoms with E-state index in [0.29, 0.717) is 36.5 Å². The summed E-state index contributed by atoms with van der Waals surface area (Å²) in [6.07, 6.45) is 1.04. The molecule has 116 valence electrons. The number of ketones is 1. The Hall–Kier alpha value is -2.50. The van der Waals surface area contributed by atoms with E-state index in [4.69, 9.17) is 14.2 Å². The lowest BCUT2D eigenvalue weighted by Crippen LogP contribution is -2.24. The molecule has 0 unspecified atom stereocenters. The number of Topliss-reactive ketones (excluding diaryl/α,β-unsaturated/α-hetero) is 1. The molecule has 1 aliphatic heterocycles. The molecular formula is C16H17NO5. The number of carbonyl (C=O) groups excluding carboxylic acids is 2. The number of ether oxygens (including phenoxy) is 3. The first-order valence-corrected chi connectivity index (χ1v) is 7.25. The van der Waals surface area contributed by atoms with Gasteiger partial charge in [-0.25, -0.2) is 0 Å². The Balaban J connectivity index is 1.83. The zero-order chi connectivity index (χ0) is 15.5. The van der Waals surface area contributed by atoms with E-state index in [1.807, 2.05) is 6.07 Å². The van der Waals surface area contributed by atoms with Gasteiger partial charge in [-0.3, -0.25) is 9.59 Å². The Morgan fingerprint density at radius 2 is 2.09 bits per heavy atom. The van der Waals surface area contributed by atoms with Crippen molar-refractivity contribution < 1.29 is 23.8 Å². The van der Waals surface area contributed by atoms with Gasteiger partial charge in [-0.15, -0.1) is 0 Å². The van der Waals surface area contributed by atoms with Gasteiger partial charge in [0.05, 0.1) is 6.61 Å². The zero-order valence-corrected chi connectivity index (χ0v) is 12.3. The lowest BCUT2D eigenvalue weighted by molar-refractivity contribution is -0.141. The van der Waals surface area contributed by atoms with E-state index < -0.39 is 0 Å². The van der Waals surface area contributed by atoms with Crippen molar-refractivity contribution in [2.45, 2.75) is 19.8 Å². The van der Waals surface area contributed by atoms with Crippen molar-refractivity contribution in [1.29, 1.82) is 0 Å². The van der Waals surface area contributed by atoms with Crippen LogP contribution in [0, 0.1) is 0 Å². The molecule has 1 N–H and O–H groups in total. The molecule has 0 radical (unpaired) electrons. The molecular weight excluding hydrogens is 286 g/mol. The third-order valence-electron chi connectivity index (χ3n) is 3.60. The van der Waals surface area contributed by atoms with Crippen molar-refractivity contribution in [3.63, 3.8) is 0 Å². The zero-order valence-electron chi connectivity index (χ0n) is 12.3. The second-order valence-electron chi connectivity index (χ2n) is 5.00. The number of rotatable bonds is 5. The van der Waals surface area contributed by atoms with E-state index in [2.05, 4.69) is 5.32 Å². The number of allylic oxidation sites excluding steroid dienone is 2. The van der Waals surface area contributed by atoms with Gasteiger partial charge in [-0.05, 0) is 31.0 Å². The van der Waals surface area contributed by atoms with E-state index in [0.717, 1.165) is 11.3 Å². The van der Waals surface area contributed by atoms with Crippen LogP contribution >= 0.6 is 0 Å². The van der Waals surface area contributed by atoms with Crippen LogP contribution < -0.4 is 14.8 Å². The standard InChI is InChI=1S/C16H17NO5/c1-2-20-15(19)8-17-11-4-5-12(18)16(11)10-3-6-13-14(7-10)22-9-21-13/h3,6-7,17H,2,4-5,8-9H2,1H3. The summed E-state index contributed by atoms with van der Waals surface area (Å²) in [7, 11) is 0. The van der Waals surface area contributed by atoms with Crippen molar-refractivity contribution in [1.82, 2.24) is 5.32 Å². The van der Waals surface area contributed by atoms with Gasteiger partial charge in [-0.2, -0.15) is 0 Å². The van der Waals surface area contributed by atoms with Crippen LogP contribution in [-0.4, -0.2) is 31.7 Å². The third kappa shape index (κ3) is 2.77. The molecule has 3 rings (SSSR count). The smallest absolute Gasteiger partial charge is 0.325 e. The normalized spacial score (nSPS) is 16.1. The van der Waals surface area contributed by atoms with Crippen molar-refractivity contribution in [3.05, 3.63) is 29.5 Å². The molecule has 0 amide bonds. The minimum atomic E-state index is -0.334. The van der Waals surface area contributed by atoms with E-state index >= 15 is 0 Å². The number of esters is 1. The van der Waals surface area contributed by atoms with Crippen molar-refractivity contribution >= 4 is 17.3 Å². The molecule has 0 fully saturated rings. The van der Waals surface area contributed by atoms with Gasteiger partial charge in [0.2, 0.25) is 6.79 Å². The summed E-state index contributed by atoms with van der Waals surface area (Å²) < 4.78 is 15.5. The first-order valence-electron chi connectivity index (χ1n) is 7.25. The van der Waals surface area contributed by atoms with E-state index in [1.165, 1.54) is 0 Å². The van der Waals surface area contributed by atoms with E-state index in [-0.39, 0.29) is 25.1 Å². The molecule has 0 spiro atoms. The molecule has 1 aliphatic carbocycles. The molecule has 0 aromatic heterocycles. The number of fused-ring (bicyclic) bond motifs is 1. The summed E-state index contributed by atoms with van der Waals surface area (Å²) in [4.78, 5) is 23.6. The van der Waals surface area contributed by atoms with Gasteiger partial charge in [0.15, 0.2) is 17.3 Å². The van der Waals surface area contributed by atoms with Gasteiger partial charge in [0, 0.05) is 17.7 Å². The molecule has 1 aromatic carbocycles. The number of carbonyl (C=O) groups is 2. The largest absolute Gasteiger partial charge is 0.465 e. The highest BCUT2D eigenvalue weighted by atomic mass is 16.7. The fourth-order valence-electron chi connectivity index (χ4n) is 2.61. The predicted octanol–water partition coefficient (Wildman–Crippen LogP) is 1.64. The average Bonchev–Trinajstić information content (AvgIpc) is 3.11. The fourth-order valence-corrected chi connectivity index (χ4v) is 2.61. The quantitative estimate of drug-likeness (QED) is 0.834. The molecule has 1 heterocycles. The van der Waals surface area contributed by atoms with Crippen LogP contribution in [0.5, 0.6) is 11.5 Å². The lowest BCUT2D eigenvalue weighted by Gasteiger charge is -2.10. The number of hydrogen-bond acceptors (Lipinski definition) is 6. The molecule has 0 saturated heterocycles. The van der Waals surface area contributed by atoms with Crippen LogP contribution in [0.2, 0.25) is 0 Å². The maximum atomic E-state index is 12.2. The highest BCUT2D eigenvalue weighted by Crippen LogP contribution is 2.37. The Morgan fingerprint density at radius 1 is 1.27 bits per heavy atom. The van der Waals surface area contributed by atoms with Gasteiger partial charge in [0.1, 0.15) is 6.54 Å². The van der Waals surface area contributed by atoms with Crippen molar-refractivity contribution in [3.8, 4) is 11.5 Å². The second kappa shape index (κ2) is 6.09. The monoisotopic (exact) mass is 303 g/mol. The summed E-state index contributed by atoms with van der Waals surface area (Å²) in [6, 6.07) is 5.42. The van der Waals surface area contributed by atoms with Gasteiger partial charge in [-0.1, -0.05) is 6.07 Å². The summed E-state index contributed by atoms with van der Waals surface area (Å²) in [5.74, 6) is 1.04. The van der Waals surface area contributed by atoms with Crippen molar-refractivity contribution in [2.75, 3.05) is 19.9 Å². The molecule has 22 heavy (non-hydrogen) atoms. The Bertz CT molecular complexity index is 650. The number of hydrogen-bond donors (Lipinski definition) is 1. The average molecular weight is 303 g/mol. The third-order valence-corrected chi connectivity index (χ3v) is 3.60. The number of nitrogens with one attached hydrogen (secondary N) is 1. The molecule has 0 bridgehead atoms. The van der Waals surface area contributed by atoms with E-state index in [9.17, 15) is 9.59 Å². The van der Waals surface area contributed by atoms with Crippen LogP contribution in [0.1, 0.15) is 25.3 Å². The Kier molecular flexibility index (Phi) is 4.00. The fraction of sp³-hybridized carbons (Fsp3) is 0.375. The maximum Gasteiger partial charge on any atom is 0.325 e. The first-order chi connectivity index (χ1) is 10.7. The lowest BCUT2D eigenvalue weighted by atomic mass is 10.0. The van der Waals surface area contributed by atoms with Gasteiger partial charge in [0.25, 0.3) is 0 Å². The van der Waals surface area contributed by atoms with Crippen LogP contribution in [0.4, 0.5) is 0 Å². The highest BCUT2D eigenvalue weighted by molar-refractivity contribution is 6.23. The molecule has 0 saturated carbocycles. The summed E-state index contributed by atoms with van der Waals surface area (Å²) in [5, 5.41) is 3.03. The summed E-state index contributed by atoms with van der Waals surface area (Å²) in [6.45, 7) is 2.35. The molecule has 0 atom stereocenters. The topological polar surface area (TPSA) is 73.9 Å². The summed E-state index contributed by atoms with van der Waals surface area (Å²) >= 11 is 0. The Labute approximate surface area is 128 Å². The minimum Gasteiger partial charge on any atom is -0.465 e. The van der Waals surface area contributed by atoms with Crippen LogP contribution in [0.3, 0.4) is 0 Å². The van der Waals surface area contributed by atoms with Gasteiger partial charge < -0.3 is 19.5 Å². The van der Waals surface area contributed by atoms with Crippen LogP contribution in [0.25, 0.3) is 5.57 Å². The van der Waals surface area contributed by atoms with E-state index in [1.54, 1.807) is 19.1 Å². The number of benzene rings is 1. The van der Waals surface area contributed by atoms with Crippen molar-refractivity contribution in [2.24, 2.45) is 0 Å². The SMILES string of the molecule is CCOC(=O)CNC1=C(c2ccc3c(c2)OCO3)C(=O)CC1. The molecule has 6 heteroatoms. The van der Waals surface area contributed by atoms with Gasteiger partial charge >= 0.3 is 5.97 Å². The predicted molar refractivity (Wildman–Crippen MR) is 78.4 cm³/mol. The second-order valence-corrected chi connectivity index (χ2v) is 5.00. The van der Waals surface area contributed by atoms with Crippen LogP contribution in [0.15, 0.2) is 23.9 Å². The molecule has 1 aromatic rings. The minimum absolute atomic E-state index is 0.0600. The molecule has 6 nitrogen and oxygen atoms in total. The first kappa shape index (κ1) is 14.4. The molecule has 2 aliphatic rings.